The third-order valence-electron chi connectivity index (χ3n) is 3.76. The summed E-state index contributed by atoms with van der Waals surface area (Å²) >= 11 is 0. The molecule has 2 heteroatoms. The van der Waals surface area contributed by atoms with Crippen molar-refractivity contribution >= 4 is 10.8 Å². The van der Waals surface area contributed by atoms with Crippen LogP contribution in [0.25, 0.3) is 0 Å². The van der Waals surface area contributed by atoms with E-state index in [1.165, 1.54) is 32.1 Å². The Hall–Kier alpha value is 0.150. The monoisotopic (exact) mass is 260 g/mol. The number of unbranched alkanes of at least 4 members (excludes halogenated alkanes) is 5. The van der Waals surface area contributed by atoms with Crippen molar-refractivity contribution in [1.82, 2.24) is 0 Å². The Morgan fingerprint density at radius 2 is 1.47 bits per heavy atom. The molecular weight excluding hydrogens is 228 g/mol. The molecule has 0 aliphatic carbocycles. The van der Waals surface area contributed by atoms with Gasteiger partial charge in [0.2, 0.25) is 0 Å². The second kappa shape index (κ2) is 10.1. The highest BCUT2D eigenvalue weighted by Gasteiger charge is 2.27. The van der Waals surface area contributed by atoms with Gasteiger partial charge in [0, 0.05) is 21.3 Å². The first kappa shape index (κ1) is 17.2. The fourth-order valence-electron chi connectivity index (χ4n) is 2.24. The van der Waals surface area contributed by atoms with E-state index in [1.54, 1.807) is 0 Å². The summed E-state index contributed by atoms with van der Waals surface area (Å²) in [4.78, 5) is 0. The lowest BCUT2D eigenvalue weighted by Crippen LogP contribution is -2.31. The van der Waals surface area contributed by atoms with Gasteiger partial charge < -0.3 is 0 Å². The van der Waals surface area contributed by atoms with Gasteiger partial charge in [0.15, 0.2) is 0 Å². The highest BCUT2D eigenvalue weighted by molar-refractivity contribution is 7.86. The Bertz CT molecular complexity index is 203. The molecule has 0 fully saturated rings. The smallest absolute Gasteiger partial charge is 0.0428 e. The van der Waals surface area contributed by atoms with E-state index in [0.717, 1.165) is 31.4 Å². The summed E-state index contributed by atoms with van der Waals surface area (Å²) in [6.07, 6.45) is 11.0. The van der Waals surface area contributed by atoms with Gasteiger partial charge in [-0.25, -0.2) is 0 Å². The van der Waals surface area contributed by atoms with Crippen LogP contribution in [0.2, 0.25) is 0 Å². The molecule has 104 valence electrons. The van der Waals surface area contributed by atoms with Crippen molar-refractivity contribution in [2.24, 2.45) is 0 Å². The van der Waals surface area contributed by atoms with Crippen molar-refractivity contribution < 1.29 is 4.21 Å². The first-order valence-electron chi connectivity index (χ1n) is 7.49. The lowest BCUT2D eigenvalue weighted by Gasteiger charge is -2.27. The largest absolute Gasteiger partial charge is 0.259 e. The van der Waals surface area contributed by atoms with Crippen molar-refractivity contribution in [3.05, 3.63) is 0 Å². The Labute approximate surface area is 111 Å². The highest BCUT2D eigenvalue weighted by Crippen LogP contribution is 2.25. The SMILES string of the molecule is CCCCCCCCS(=O)C(C)(CC)CCC. The lowest BCUT2D eigenvalue weighted by molar-refractivity contribution is 0.528. The average Bonchev–Trinajstić information content (AvgIpc) is 2.33. The standard InChI is InChI=1S/C15H32OS/c1-5-8-9-10-11-12-14-17(16)15(4,7-3)13-6-2/h5-14H2,1-4H3. The van der Waals surface area contributed by atoms with Crippen molar-refractivity contribution in [3.63, 3.8) is 0 Å². The fraction of sp³-hybridized carbons (Fsp3) is 1.00. The van der Waals surface area contributed by atoms with Crippen LogP contribution in [0.3, 0.4) is 0 Å². The minimum absolute atomic E-state index is 0.0676. The van der Waals surface area contributed by atoms with E-state index in [0.29, 0.717) is 0 Å². The molecule has 0 aliphatic heterocycles. The molecule has 1 nitrogen and oxygen atoms in total. The maximum atomic E-state index is 12.3. The van der Waals surface area contributed by atoms with E-state index in [4.69, 9.17) is 0 Å². The zero-order valence-corrected chi connectivity index (χ0v) is 13.2. The van der Waals surface area contributed by atoms with E-state index in [2.05, 4.69) is 27.7 Å². The molecule has 17 heavy (non-hydrogen) atoms. The van der Waals surface area contributed by atoms with Crippen LogP contribution in [0.4, 0.5) is 0 Å². The Morgan fingerprint density at radius 3 is 2.00 bits per heavy atom. The van der Waals surface area contributed by atoms with Crippen molar-refractivity contribution in [1.29, 1.82) is 0 Å². The normalized spacial score (nSPS) is 16.7. The van der Waals surface area contributed by atoms with E-state index < -0.39 is 10.8 Å². The summed E-state index contributed by atoms with van der Waals surface area (Å²) in [6, 6.07) is 0. The van der Waals surface area contributed by atoms with Crippen LogP contribution >= 0.6 is 0 Å². The molecule has 0 aromatic rings. The van der Waals surface area contributed by atoms with E-state index in [-0.39, 0.29) is 4.75 Å². The summed E-state index contributed by atoms with van der Waals surface area (Å²) in [5, 5.41) is 0. The van der Waals surface area contributed by atoms with Crippen LogP contribution in [0, 0.1) is 0 Å². The Balaban J connectivity index is 3.76. The van der Waals surface area contributed by atoms with Crippen molar-refractivity contribution in [3.8, 4) is 0 Å². The van der Waals surface area contributed by atoms with Gasteiger partial charge in [0.1, 0.15) is 0 Å². The third-order valence-corrected chi connectivity index (χ3v) is 6.01. The molecule has 0 aromatic carbocycles. The van der Waals surface area contributed by atoms with Crippen LogP contribution in [-0.2, 0) is 10.8 Å². The third kappa shape index (κ3) is 7.23. The van der Waals surface area contributed by atoms with Gasteiger partial charge in [-0.2, -0.15) is 0 Å². The van der Waals surface area contributed by atoms with Gasteiger partial charge in [-0.1, -0.05) is 59.3 Å². The van der Waals surface area contributed by atoms with Gasteiger partial charge in [0.25, 0.3) is 0 Å². The second-order valence-electron chi connectivity index (χ2n) is 5.37. The molecule has 0 amide bonds. The molecule has 0 aromatic heterocycles. The minimum atomic E-state index is -0.631. The maximum Gasteiger partial charge on any atom is 0.0428 e. The number of hydrogen-bond acceptors (Lipinski definition) is 1. The average molecular weight is 260 g/mol. The molecule has 0 bridgehead atoms. The summed E-state index contributed by atoms with van der Waals surface area (Å²) in [5.74, 6) is 0.913. The molecule has 0 rings (SSSR count). The lowest BCUT2D eigenvalue weighted by atomic mass is 10.0. The topological polar surface area (TPSA) is 17.1 Å². The van der Waals surface area contributed by atoms with Gasteiger partial charge in [-0.3, -0.25) is 4.21 Å². The minimum Gasteiger partial charge on any atom is -0.259 e. The van der Waals surface area contributed by atoms with Gasteiger partial charge >= 0.3 is 0 Å². The van der Waals surface area contributed by atoms with E-state index >= 15 is 0 Å². The van der Waals surface area contributed by atoms with E-state index in [9.17, 15) is 4.21 Å². The van der Waals surface area contributed by atoms with Crippen LogP contribution in [-0.4, -0.2) is 14.7 Å². The molecule has 2 atom stereocenters. The Kier molecular flexibility index (Phi) is 10.2. The quantitative estimate of drug-likeness (QED) is 0.474. The highest BCUT2D eigenvalue weighted by atomic mass is 32.2. The van der Waals surface area contributed by atoms with Crippen LogP contribution < -0.4 is 0 Å². The fourth-order valence-corrected chi connectivity index (χ4v) is 3.95. The molecule has 0 aliphatic rings. The maximum absolute atomic E-state index is 12.3. The van der Waals surface area contributed by atoms with Crippen LogP contribution in [0.15, 0.2) is 0 Å². The van der Waals surface area contributed by atoms with Crippen LogP contribution in [0.1, 0.15) is 85.5 Å². The van der Waals surface area contributed by atoms with E-state index in [1.807, 2.05) is 0 Å². The first-order chi connectivity index (χ1) is 8.10. The molecule has 0 spiro atoms. The Morgan fingerprint density at radius 1 is 0.882 bits per heavy atom. The molecular formula is C15H32OS. The summed E-state index contributed by atoms with van der Waals surface area (Å²) in [7, 11) is -0.631. The van der Waals surface area contributed by atoms with Gasteiger partial charge in [-0.05, 0) is 26.2 Å². The molecule has 0 saturated carbocycles. The molecule has 0 heterocycles. The van der Waals surface area contributed by atoms with Gasteiger partial charge in [0.05, 0.1) is 0 Å². The zero-order valence-electron chi connectivity index (χ0n) is 12.4. The van der Waals surface area contributed by atoms with Crippen LogP contribution in [0.5, 0.6) is 0 Å². The zero-order chi connectivity index (χ0) is 13.1. The van der Waals surface area contributed by atoms with Crippen molar-refractivity contribution in [2.45, 2.75) is 90.2 Å². The summed E-state index contributed by atoms with van der Waals surface area (Å²) in [6.45, 7) is 8.81. The molecule has 0 saturated heterocycles. The summed E-state index contributed by atoms with van der Waals surface area (Å²) in [5.41, 5.74) is 0. The molecule has 0 N–H and O–H groups in total. The van der Waals surface area contributed by atoms with Crippen molar-refractivity contribution in [2.75, 3.05) is 5.75 Å². The predicted molar refractivity (Wildman–Crippen MR) is 80.0 cm³/mol. The number of rotatable bonds is 11. The molecule has 0 radical (unpaired) electrons. The van der Waals surface area contributed by atoms with Gasteiger partial charge in [-0.15, -0.1) is 0 Å². The summed E-state index contributed by atoms with van der Waals surface area (Å²) < 4.78 is 12.4. The molecule has 2 unspecified atom stereocenters. The second-order valence-corrected chi connectivity index (χ2v) is 7.46. The first-order valence-corrected chi connectivity index (χ1v) is 8.81. The number of hydrogen-bond donors (Lipinski definition) is 0. The predicted octanol–water partition coefficient (Wildman–Crippen LogP) is 5.06.